The minimum atomic E-state index is -4.49. The van der Waals surface area contributed by atoms with Gasteiger partial charge in [0.25, 0.3) is 5.91 Å². The van der Waals surface area contributed by atoms with Gasteiger partial charge in [0.15, 0.2) is 0 Å². The first-order valence-electron chi connectivity index (χ1n) is 8.47. The lowest BCUT2D eigenvalue weighted by atomic mass is 10.0. The van der Waals surface area contributed by atoms with E-state index in [1.165, 1.54) is 23.1 Å². The van der Waals surface area contributed by atoms with Gasteiger partial charge in [-0.3, -0.25) is 4.79 Å². The predicted molar refractivity (Wildman–Crippen MR) is 90.7 cm³/mol. The maximum atomic E-state index is 12.8. The Morgan fingerprint density at radius 1 is 1.19 bits per heavy atom. The molecule has 0 atom stereocenters. The molecule has 0 unspecified atom stereocenters. The number of aryl methyl sites for hydroxylation is 1. The largest absolute Gasteiger partial charge is 0.490 e. The summed E-state index contributed by atoms with van der Waals surface area (Å²) in [6.07, 6.45) is -3.64. The van der Waals surface area contributed by atoms with Crippen molar-refractivity contribution in [3.8, 4) is 5.75 Å². The van der Waals surface area contributed by atoms with E-state index < -0.39 is 23.3 Å². The van der Waals surface area contributed by atoms with Crippen LogP contribution in [-0.2, 0) is 6.18 Å². The Kier molecular flexibility index (Phi) is 5.25. The first-order valence-corrected chi connectivity index (χ1v) is 8.47. The number of carbonyl (C=O) groups is 1. The van der Waals surface area contributed by atoms with Gasteiger partial charge in [-0.15, -0.1) is 0 Å². The first-order chi connectivity index (χ1) is 12.7. The maximum absolute atomic E-state index is 12.8. The molecule has 2 aromatic rings. The summed E-state index contributed by atoms with van der Waals surface area (Å²) in [6, 6.07) is 7.29. The second kappa shape index (κ2) is 7.46. The number of alkyl halides is 3. The summed E-state index contributed by atoms with van der Waals surface area (Å²) in [4.78, 5) is 25.4. The van der Waals surface area contributed by atoms with Crippen molar-refractivity contribution >= 4 is 5.91 Å². The highest BCUT2D eigenvalue weighted by molar-refractivity contribution is 5.94. The lowest BCUT2D eigenvalue weighted by Gasteiger charge is -2.32. The summed E-state index contributed by atoms with van der Waals surface area (Å²) in [7, 11) is 0. The fourth-order valence-corrected chi connectivity index (χ4v) is 3.02. The Labute approximate surface area is 153 Å². The number of rotatable bonds is 3. The van der Waals surface area contributed by atoms with Crippen molar-refractivity contribution < 1.29 is 27.1 Å². The number of likely N-dealkylation sites (tertiary alicyclic amines) is 1. The SMILES string of the molecule is Cc1cc(OC2CCN(C(=O)c3cccc(C(F)(F)F)c3)CC2)cc(=O)o1. The van der Waals surface area contributed by atoms with Crippen LogP contribution in [0.25, 0.3) is 0 Å². The Morgan fingerprint density at radius 2 is 1.89 bits per heavy atom. The maximum Gasteiger partial charge on any atom is 0.416 e. The summed E-state index contributed by atoms with van der Waals surface area (Å²) in [5.74, 6) is 0.414. The van der Waals surface area contributed by atoms with Crippen LogP contribution < -0.4 is 10.4 Å². The molecule has 0 radical (unpaired) electrons. The highest BCUT2D eigenvalue weighted by atomic mass is 19.4. The Balaban J connectivity index is 1.62. The van der Waals surface area contributed by atoms with Crippen molar-refractivity contribution in [2.75, 3.05) is 13.1 Å². The topological polar surface area (TPSA) is 59.8 Å². The van der Waals surface area contributed by atoms with Gasteiger partial charge in [-0.25, -0.2) is 4.79 Å². The molecule has 1 amide bonds. The van der Waals surface area contributed by atoms with Crippen LogP contribution in [0.4, 0.5) is 13.2 Å². The number of hydrogen-bond donors (Lipinski definition) is 0. The van der Waals surface area contributed by atoms with Gasteiger partial charge in [0.2, 0.25) is 0 Å². The van der Waals surface area contributed by atoms with Gasteiger partial charge >= 0.3 is 11.8 Å². The number of carbonyl (C=O) groups excluding carboxylic acids is 1. The second-order valence-electron chi connectivity index (χ2n) is 6.41. The van der Waals surface area contributed by atoms with Crippen LogP contribution in [0.1, 0.15) is 34.5 Å². The standard InChI is InChI=1S/C19H18F3NO4/c1-12-9-16(11-17(24)26-12)27-15-5-7-23(8-6-15)18(25)13-3-2-4-14(10-13)19(20,21)22/h2-4,9-11,15H,5-8H2,1H3. The van der Waals surface area contributed by atoms with Crippen molar-refractivity contribution in [3.63, 3.8) is 0 Å². The van der Waals surface area contributed by atoms with Crippen LogP contribution in [-0.4, -0.2) is 30.0 Å². The van der Waals surface area contributed by atoms with Crippen LogP contribution in [0.2, 0.25) is 0 Å². The zero-order valence-electron chi connectivity index (χ0n) is 14.6. The molecule has 1 saturated heterocycles. The van der Waals surface area contributed by atoms with Gasteiger partial charge in [0, 0.05) is 37.6 Å². The number of nitrogens with zero attached hydrogens (tertiary/aromatic N) is 1. The van der Waals surface area contributed by atoms with E-state index in [2.05, 4.69) is 0 Å². The molecule has 0 saturated carbocycles. The molecule has 8 heteroatoms. The number of halogens is 3. The predicted octanol–water partition coefficient (Wildman–Crippen LogP) is 3.65. The van der Waals surface area contributed by atoms with Crippen LogP contribution in [0.15, 0.2) is 45.6 Å². The van der Waals surface area contributed by atoms with E-state index >= 15 is 0 Å². The Bertz CT molecular complexity index is 883. The highest BCUT2D eigenvalue weighted by Gasteiger charge is 2.32. The van der Waals surface area contributed by atoms with Crippen LogP contribution in [0, 0.1) is 6.92 Å². The monoisotopic (exact) mass is 381 g/mol. The Hall–Kier alpha value is -2.77. The number of hydrogen-bond acceptors (Lipinski definition) is 4. The van der Waals surface area contributed by atoms with Gasteiger partial charge in [0.05, 0.1) is 11.6 Å². The fraction of sp³-hybridized carbons (Fsp3) is 0.368. The molecule has 5 nitrogen and oxygen atoms in total. The van der Waals surface area contributed by atoms with Crippen molar-refractivity contribution in [1.82, 2.24) is 4.90 Å². The quantitative estimate of drug-likeness (QED) is 0.814. The highest BCUT2D eigenvalue weighted by Crippen LogP contribution is 2.30. The molecule has 144 valence electrons. The molecule has 1 aliphatic heterocycles. The lowest BCUT2D eigenvalue weighted by Crippen LogP contribution is -2.41. The third-order valence-electron chi connectivity index (χ3n) is 4.34. The first kappa shape index (κ1) is 19.0. The third kappa shape index (κ3) is 4.69. The molecule has 0 spiro atoms. The molecule has 1 fully saturated rings. The zero-order valence-corrected chi connectivity index (χ0v) is 14.6. The molecule has 0 N–H and O–H groups in total. The number of ether oxygens (including phenoxy) is 1. The number of amides is 1. The summed E-state index contributed by atoms with van der Waals surface area (Å²) < 4.78 is 49.1. The van der Waals surface area contributed by atoms with Crippen LogP contribution >= 0.6 is 0 Å². The molecule has 1 aromatic carbocycles. The second-order valence-corrected chi connectivity index (χ2v) is 6.41. The van der Waals surface area contributed by atoms with Crippen molar-refractivity contribution in [2.45, 2.75) is 32.0 Å². The third-order valence-corrected chi connectivity index (χ3v) is 4.34. The fourth-order valence-electron chi connectivity index (χ4n) is 3.02. The minimum absolute atomic E-state index is 0.0143. The number of benzene rings is 1. The summed E-state index contributed by atoms with van der Waals surface area (Å²) in [6.45, 7) is 2.37. The van der Waals surface area contributed by atoms with E-state index in [-0.39, 0.29) is 11.7 Å². The summed E-state index contributed by atoms with van der Waals surface area (Å²) in [5.41, 5.74) is -1.33. The van der Waals surface area contributed by atoms with Gasteiger partial charge in [0.1, 0.15) is 17.6 Å². The number of piperidine rings is 1. The van der Waals surface area contributed by atoms with Crippen LogP contribution in [0.3, 0.4) is 0 Å². The molecule has 0 aliphatic carbocycles. The zero-order chi connectivity index (χ0) is 19.6. The van der Waals surface area contributed by atoms with Gasteiger partial charge in [-0.1, -0.05) is 6.07 Å². The molecule has 2 heterocycles. The Morgan fingerprint density at radius 3 is 2.52 bits per heavy atom. The average Bonchev–Trinajstić information content (AvgIpc) is 2.60. The lowest BCUT2D eigenvalue weighted by molar-refractivity contribution is -0.137. The molecule has 0 bridgehead atoms. The molecule has 1 aromatic heterocycles. The molecule has 3 rings (SSSR count). The summed E-state index contributed by atoms with van der Waals surface area (Å²) >= 11 is 0. The van der Waals surface area contributed by atoms with E-state index in [9.17, 15) is 22.8 Å². The van der Waals surface area contributed by atoms with Crippen molar-refractivity contribution in [3.05, 3.63) is 63.7 Å². The molecular weight excluding hydrogens is 363 g/mol. The van der Waals surface area contributed by atoms with Gasteiger partial charge in [-0.2, -0.15) is 13.2 Å². The van der Waals surface area contributed by atoms with E-state index in [0.29, 0.717) is 37.4 Å². The van der Waals surface area contributed by atoms with Gasteiger partial charge in [-0.05, 0) is 25.1 Å². The van der Waals surface area contributed by atoms with Crippen LogP contribution in [0.5, 0.6) is 5.75 Å². The minimum Gasteiger partial charge on any atom is -0.490 e. The normalized spacial score (nSPS) is 15.6. The smallest absolute Gasteiger partial charge is 0.416 e. The average molecular weight is 381 g/mol. The van der Waals surface area contributed by atoms with Crippen molar-refractivity contribution in [2.24, 2.45) is 0 Å². The molecular formula is C19H18F3NO4. The molecule has 1 aliphatic rings. The molecule has 27 heavy (non-hydrogen) atoms. The van der Waals surface area contributed by atoms with E-state index in [1.807, 2.05) is 0 Å². The van der Waals surface area contributed by atoms with Gasteiger partial charge < -0.3 is 14.1 Å². The van der Waals surface area contributed by atoms with E-state index in [4.69, 9.17) is 9.15 Å². The summed E-state index contributed by atoms with van der Waals surface area (Å²) in [5, 5.41) is 0. The van der Waals surface area contributed by atoms with E-state index in [0.717, 1.165) is 12.1 Å². The van der Waals surface area contributed by atoms with Crippen molar-refractivity contribution in [1.29, 1.82) is 0 Å². The van der Waals surface area contributed by atoms with E-state index in [1.54, 1.807) is 13.0 Å².